The van der Waals surface area contributed by atoms with E-state index >= 15 is 0 Å². The van der Waals surface area contributed by atoms with Crippen LogP contribution in [0.5, 0.6) is 0 Å². The molecule has 2 aromatic rings. The van der Waals surface area contributed by atoms with Crippen molar-refractivity contribution < 1.29 is 9.90 Å². The van der Waals surface area contributed by atoms with E-state index in [2.05, 4.69) is 15.3 Å². The highest BCUT2D eigenvalue weighted by Gasteiger charge is 2.06. The van der Waals surface area contributed by atoms with Crippen molar-refractivity contribution in [3.63, 3.8) is 0 Å². The monoisotopic (exact) mass is 265 g/mol. The second kappa shape index (κ2) is 5.77. The Morgan fingerprint density at radius 1 is 1.61 bits per heavy atom. The van der Waals surface area contributed by atoms with E-state index in [0.29, 0.717) is 18.9 Å². The Morgan fingerprint density at radius 3 is 3.22 bits per heavy atom. The lowest BCUT2D eigenvalue weighted by molar-refractivity contribution is -0.137. The lowest BCUT2D eigenvalue weighted by Gasteiger charge is -2.10. The van der Waals surface area contributed by atoms with Crippen LogP contribution in [0.4, 0.5) is 5.95 Å². The molecule has 0 saturated heterocycles. The quantitative estimate of drug-likeness (QED) is 0.839. The average molecular weight is 265 g/mol. The average Bonchev–Trinajstić information content (AvgIpc) is 2.81. The standard InChI is InChI=1S/C12H15N3O2S/c1-8(2-3-10(16)17)6-13-12-14-7-9-4-5-18-11(9)15-12/h4-5,7-8H,2-3,6H2,1H3,(H,16,17)(H,13,14,15). The smallest absolute Gasteiger partial charge is 0.303 e. The van der Waals surface area contributed by atoms with Crippen molar-refractivity contribution in [1.29, 1.82) is 0 Å². The molecule has 0 radical (unpaired) electrons. The molecule has 5 nitrogen and oxygen atoms in total. The second-order valence-electron chi connectivity index (χ2n) is 4.29. The van der Waals surface area contributed by atoms with Gasteiger partial charge in [-0.05, 0) is 23.8 Å². The van der Waals surface area contributed by atoms with Gasteiger partial charge in [-0.2, -0.15) is 0 Å². The van der Waals surface area contributed by atoms with E-state index in [1.54, 1.807) is 17.5 Å². The van der Waals surface area contributed by atoms with Gasteiger partial charge < -0.3 is 10.4 Å². The van der Waals surface area contributed by atoms with Gasteiger partial charge in [0.1, 0.15) is 4.83 Å². The number of carbonyl (C=O) groups is 1. The van der Waals surface area contributed by atoms with Crippen LogP contribution < -0.4 is 5.32 Å². The number of aliphatic carboxylic acids is 1. The third kappa shape index (κ3) is 3.40. The van der Waals surface area contributed by atoms with Gasteiger partial charge in [-0.25, -0.2) is 9.97 Å². The first-order valence-corrected chi connectivity index (χ1v) is 6.69. The molecule has 0 aromatic carbocycles. The summed E-state index contributed by atoms with van der Waals surface area (Å²) in [5, 5.41) is 14.8. The van der Waals surface area contributed by atoms with Gasteiger partial charge >= 0.3 is 5.97 Å². The van der Waals surface area contributed by atoms with E-state index in [1.165, 1.54) is 0 Å². The SMILES string of the molecule is CC(CCC(=O)O)CNc1ncc2ccsc2n1. The van der Waals surface area contributed by atoms with Crippen molar-refractivity contribution >= 4 is 33.5 Å². The predicted molar refractivity (Wildman–Crippen MR) is 71.9 cm³/mol. The number of carboxylic acids is 1. The van der Waals surface area contributed by atoms with Gasteiger partial charge in [0.25, 0.3) is 0 Å². The van der Waals surface area contributed by atoms with Crippen LogP contribution >= 0.6 is 11.3 Å². The molecule has 0 amide bonds. The second-order valence-corrected chi connectivity index (χ2v) is 5.19. The van der Waals surface area contributed by atoms with Crippen LogP contribution in [0.2, 0.25) is 0 Å². The zero-order chi connectivity index (χ0) is 13.0. The first-order chi connectivity index (χ1) is 8.65. The Kier molecular flexibility index (Phi) is 4.09. The maximum Gasteiger partial charge on any atom is 0.303 e. The minimum absolute atomic E-state index is 0.202. The molecule has 0 saturated carbocycles. The molecule has 1 unspecified atom stereocenters. The summed E-state index contributed by atoms with van der Waals surface area (Å²) >= 11 is 1.58. The maximum absolute atomic E-state index is 10.5. The van der Waals surface area contributed by atoms with Crippen molar-refractivity contribution in [1.82, 2.24) is 9.97 Å². The lowest BCUT2D eigenvalue weighted by atomic mass is 10.1. The van der Waals surface area contributed by atoms with E-state index in [0.717, 1.165) is 10.2 Å². The van der Waals surface area contributed by atoms with Gasteiger partial charge in [-0.1, -0.05) is 6.92 Å². The van der Waals surface area contributed by atoms with Crippen LogP contribution in [0.15, 0.2) is 17.6 Å². The number of hydrogen-bond donors (Lipinski definition) is 2. The van der Waals surface area contributed by atoms with E-state index < -0.39 is 5.97 Å². The Bertz CT molecular complexity index is 541. The maximum atomic E-state index is 10.5. The van der Waals surface area contributed by atoms with Gasteiger partial charge in [0.05, 0.1) is 0 Å². The molecule has 2 N–H and O–H groups in total. The predicted octanol–water partition coefficient (Wildman–Crippen LogP) is 2.60. The van der Waals surface area contributed by atoms with Crippen molar-refractivity contribution in [2.24, 2.45) is 5.92 Å². The molecule has 1 atom stereocenters. The van der Waals surface area contributed by atoms with Gasteiger partial charge in [-0.15, -0.1) is 11.3 Å². The highest BCUT2D eigenvalue weighted by atomic mass is 32.1. The van der Waals surface area contributed by atoms with Crippen molar-refractivity contribution in [2.45, 2.75) is 19.8 Å². The minimum atomic E-state index is -0.752. The topological polar surface area (TPSA) is 75.1 Å². The zero-order valence-corrected chi connectivity index (χ0v) is 10.9. The fourth-order valence-electron chi connectivity index (χ4n) is 1.58. The van der Waals surface area contributed by atoms with Gasteiger partial charge in [-0.3, -0.25) is 4.79 Å². The van der Waals surface area contributed by atoms with E-state index in [4.69, 9.17) is 5.11 Å². The van der Waals surface area contributed by atoms with E-state index in [1.807, 2.05) is 18.4 Å². The normalized spacial score (nSPS) is 12.5. The van der Waals surface area contributed by atoms with Crippen LogP contribution in [0, 0.1) is 5.92 Å². The van der Waals surface area contributed by atoms with Gasteiger partial charge in [0, 0.05) is 24.5 Å². The highest BCUT2D eigenvalue weighted by Crippen LogP contribution is 2.18. The largest absolute Gasteiger partial charge is 0.481 e. The lowest BCUT2D eigenvalue weighted by Crippen LogP contribution is -2.14. The van der Waals surface area contributed by atoms with Crippen LogP contribution in [0.25, 0.3) is 10.2 Å². The van der Waals surface area contributed by atoms with Crippen molar-refractivity contribution in [3.05, 3.63) is 17.6 Å². The highest BCUT2D eigenvalue weighted by molar-refractivity contribution is 7.16. The summed E-state index contributed by atoms with van der Waals surface area (Å²) in [5.41, 5.74) is 0. The number of thiophene rings is 1. The summed E-state index contributed by atoms with van der Waals surface area (Å²) in [6.45, 7) is 2.70. The van der Waals surface area contributed by atoms with Crippen molar-refractivity contribution in [2.75, 3.05) is 11.9 Å². The Morgan fingerprint density at radius 2 is 2.44 bits per heavy atom. The van der Waals surface area contributed by atoms with Gasteiger partial charge in [0.2, 0.25) is 5.95 Å². The summed E-state index contributed by atoms with van der Waals surface area (Å²) in [6, 6.07) is 1.99. The number of aromatic nitrogens is 2. The van der Waals surface area contributed by atoms with Crippen LogP contribution in [-0.2, 0) is 4.79 Å². The number of nitrogens with one attached hydrogen (secondary N) is 1. The molecule has 2 aromatic heterocycles. The summed E-state index contributed by atoms with van der Waals surface area (Å²) in [6.07, 6.45) is 2.65. The molecule has 2 rings (SSSR count). The molecule has 0 aliphatic rings. The number of fused-ring (bicyclic) bond motifs is 1. The minimum Gasteiger partial charge on any atom is -0.481 e. The molecule has 0 aliphatic carbocycles. The fourth-order valence-corrected chi connectivity index (χ4v) is 2.32. The Labute approximate surface area is 109 Å². The fraction of sp³-hybridized carbons (Fsp3) is 0.417. The summed E-state index contributed by atoms with van der Waals surface area (Å²) in [4.78, 5) is 20.0. The molecule has 0 aliphatic heterocycles. The molecule has 0 bridgehead atoms. The molecule has 0 fully saturated rings. The number of carboxylic acid groups (broad SMARTS) is 1. The molecule has 2 heterocycles. The van der Waals surface area contributed by atoms with Gasteiger partial charge in [0.15, 0.2) is 0 Å². The Hall–Kier alpha value is -1.69. The third-order valence-electron chi connectivity index (χ3n) is 2.67. The third-order valence-corrected chi connectivity index (χ3v) is 3.49. The number of hydrogen-bond acceptors (Lipinski definition) is 5. The first kappa shape index (κ1) is 12.8. The summed E-state index contributed by atoms with van der Waals surface area (Å²) in [7, 11) is 0. The molecular formula is C12H15N3O2S. The Balaban J connectivity index is 1.87. The van der Waals surface area contributed by atoms with E-state index in [-0.39, 0.29) is 12.3 Å². The van der Waals surface area contributed by atoms with E-state index in [9.17, 15) is 4.79 Å². The summed E-state index contributed by atoms with van der Waals surface area (Å²) in [5.74, 6) is 0.133. The number of anilines is 1. The number of rotatable bonds is 6. The van der Waals surface area contributed by atoms with Crippen LogP contribution in [0.1, 0.15) is 19.8 Å². The van der Waals surface area contributed by atoms with Crippen molar-refractivity contribution in [3.8, 4) is 0 Å². The first-order valence-electron chi connectivity index (χ1n) is 5.81. The molecular weight excluding hydrogens is 250 g/mol. The molecule has 96 valence electrons. The molecule has 18 heavy (non-hydrogen) atoms. The molecule has 0 spiro atoms. The molecule has 6 heteroatoms. The number of nitrogens with zero attached hydrogens (tertiary/aromatic N) is 2. The summed E-state index contributed by atoms with van der Waals surface area (Å²) < 4.78 is 0. The zero-order valence-electron chi connectivity index (χ0n) is 10.1. The van der Waals surface area contributed by atoms with Crippen LogP contribution in [0.3, 0.4) is 0 Å². The van der Waals surface area contributed by atoms with Crippen LogP contribution in [-0.4, -0.2) is 27.6 Å².